The van der Waals surface area contributed by atoms with E-state index < -0.39 is 5.97 Å². The quantitative estimate of drug-likeness (QED) is 0.665. The van der Waals surface area contributed by atoms with Crippen LogP contribution in [0.1, 0.15) is 15.9 Å². The molecular formula is C13H12BNO5. The minimum atomic E-state index is -1.06. The Labute approximate surface area is 115 Å². The Morgan fingerprint density at radius 1 is 1.30 bits per heavy atom. The molecule has 1 heterocycles. The third-order valence-corrected chi connectivity index (χ3v) is 2.72. The van der Waals surface area contributed by atoms with Crippen LogP contribution in [0.25, 0.3) is 0 Å². The summed E-state index contributed by atoms with van der Waals surface area (Å²) in [4.78, 5) is 14.6. The molecule has 0 bridgehead atoms. The zero-order valence-corrected chi connectivity index (χ0v) is 10.5. The van der Waals surface area contributed by atoms with Crippen LogP contribution in [-0.4, -0.2) is 33.7 Å². The Kier molecular flexibility index (Phi) is 4.34. The lowest BCUT2D eigenvalue weighted by Gasteiger charge is -2.08. The molecule has 0 radical (unpaired) electrons. The number of carboxylic acid groups (broad SMARTS) is 1. The van der Waals surface area contributed by atoms with E-state index >= 15 is 0 Å². The smallest absolute Gasteiger partial charge is 0.337 e. The number of aliphatic hydroxyl groups excluding tert-OH is 1. The monoisotopic (exact) mass is 273 g/mol. The number of nitrogens with zero attached hydrogens (tertiary/aromatic N) is 1. The predicted molar refractivity (Wildman–Crippen MR) is 72.6 cm³/mol. The molecule has 0 atom stereocenters. The molecule has 0 aliphatic carbocycles. The van der Waals surface area contributed by atoms with Gasteiger partial charge in [0.1, 0.15) is 5.75 Å². The minimum absolute atomic E-state index is 0.0732. The largest absolute Gasteiger partial charge is 0.478 e. The number of aliphatic hydroxyl groups is 1. The number of pyridine rings is 1. The molecule has 1 aromatic heterocycles. The first kappa shape index (κ1) is 14.0. The van der Waals surface area contributed by atoms with E-state index in [9.17, 15) is 9.90 Å². The summed E-state index contributed by atoms with van der Waals surface area (Å²) in [6, 6.07) is 7.71. The van der Waals surface area contributed by atoms with Gasteiger partial charge >= 0.3 is 13.5 Å². The molecule has 6 nitrogen and oxygen atoms in total. The van der Waals surface area contributed by atoms with Crippen LogP contribution in [0.5, 0.6) is 11.6 Å². The summed E-state index contributed by atoms with van der Waals surface area (Å²) in [6.07, 6.45) is 1.20. The third-order valence-electron chi connectivity index (χ3n) is 2.72. The standard InChI is InChI=1S/C13H12BNO5/c16-7-9-5-10(2-3-11(9)14-19)20-12-4-1-8(6-15-12)13(17)18/h1-6,14,16,19H,7H2,(H,17,18). The van der Waals surface area contributed by atoms with Crippen molar-refractivity contribution in [3.05, 3.63) is 47.7 Å². The summed E-state index contributed by atoms with van der Waals surface area (Å²) in [5.74, 6) is -0.364. The number of carbonyl (C=O) groups is 1. The van der Waals surface area contributed by atoms with Crippen LogP contribution in [0, 0.1) is 0 Å². The summed E-state index contributed by atoms with van der Waals surface area (Å²) in [6.45, 7) is -0.210. The second kappa shape index (κ2) is 6.18. The zero-order valence-electron chi connectivity index (χ0n) is 10.5. The van der Waals surface area contributed by atoms with Gasteiger partial charge in [0.05, 0.1) is 12.2 Å². The van der Waals surface area contributed by atoms with Gasteiger partial charge in [-0.25, -0.2) is 9.78 Å². The molecule has 0 saturated carbocycles. The second-order valence-electron chi connectivity index (χ2n) is 4.04. The summed E-state index contributed by atoms with van der Waals surface area (Å²) < 4.78 is 5.46. The molecule has 2 aromatic rings. The van der Waals surface area contributed by atoms with Crippen LogP contribution >= 0.6 is 0 Å². The lowest BCUT2D eigenvalue weighted by molar-refractivity contribution is 0.0696. The Hall–Kier alpha value is -2.38. The fraction of sp³-hybridized carbons (Fsp3) is 0.0769. The van der Waals surface area contributed by atoms with Crippen LogP contribution in [0.15, 0.2) is 36.5 Å². The molecule has 0 unspecified atom stereocenters. The van der Waals surface area contributed by atoms with Gasteiger partial charge in [0.2, 0.25) is 5.88 Å². The number of aromatic carboxylic acids is 1. The van der Waals surface area contributed by atoms with Gasteiger partial charge in [0, 0.05) is 12.3 Å². The highest BCUT2D eigenvalue weighted by Gasteiger charge is 2.07. The van der Waals surface area contributed by atoms with Crippen molar-refractivity contribution in [3.63, 3.8) is 0 Å². The summed E-state index contributed by atoms with van der Waals surface area (Å²) in [7, 11) is -0.165. The molecule has 3 N–H and O–H groups in total. The number of hydrogen-bond donors (Lipinski definition) is 3. The van der Waals surface area contributed by atoms with E-state index in [0.29, 0.717) is 16.8 Å². The van der Waals surface area contributed by atoms with Gasteiger partial charge in [-0.2, -0.15) is 0 Å². The van der Waals surface area contributed by atoms with Crippen LogP contribution in [-0.2, 0) is 6.61 Å². The van der Waals surface area contributed by atoms with Crippen LogP contribution in [0.2, 0.25) is 0 Å². The summed E-state index contributed by atoms with van der Waals surface area (Å²) in [5, 5.41) is 27.0. The van der Waals surface area contributed by atoms with E-state index in [0.717, 1.165) is 0 Å². The molecule has 0 fully saturated rings. The minimum Gasteiger partial charge on any atom is -0.478 e. The molecule has 1 aromatic carbocycles. The van der Waals surface area contributed by atoms with E-state index in [1.807, 2.05) is 0 Å². The highest BCUT2D eigenvalue weighted by Crippen LogP contribution is 2.20. The summed E-state index contributed by atoms with van der Waals surface area (Å²) in [5.41, 5.74) is 1.25. The van der Waals surface area contributed by atoms with Gasteiger partial charge in [-0.05, 0) is 29.2 Å². The third kappa shape index (κ3) is 3.14. The Morgan fingerprint density at radius 3 is 2.65 bits per heavy atom. The van der Waals surface area contributed by atoms with Gasteiger partial charge in [-0.1, -0.05) is 6.07 Å². The van der Waals surface area contributed by atoms with Crippen molar-refractivity contribution in [1.82, 2.24) is 4.98 Å². The number of hydrogen-bond acceptors (Lipinski definition) is 5. The lowest BCUT2D eigenvalue weighted by atomic mass is 9.84. The molecular weight excluding hydrogens is 261 g/mol. The maximum absolute atomic E-state index is 10.7. The number of ether oxygens (including phenoxy) is 1. The fourth-order valence-corrected chi connectivity index (χ4v) is 1.66. The molecule has 0 spiro atoms. The SMILES string of the molecule is O=C(O)c1ccc(Oc2ccc(BO)c(CO)c2)nc1. The van der Waals surface area contributed by atoms with Gasteiger partial charge in [0.25, 0.3) is 0 Å². The lowest BCUT2D eigenvalue weighted by Crippen LogP contribution is -2.18. The maximum atomic E-state index is 10.7. The molecule has 0 aliphatic rings. The van der Waals surface area contributed by atoms with Crippen molar-refractivity contribution in [1.29, 1.82) is 0 Å². The number of rotatable bonds is 5. The fourth-order valence-electron chi connectivity index (χ4n) is 1.66. The Morgan fingerprint density at radius 2 is 2.10 bits per heavy atom. The van der Waals surface area contributed by atoms with Crippen molar-refractivity contribution in [2.75, 3.05) is 0 Å². The average Bonchev–Trinajstić information content (AvgIpc) is 2.47. The van der Waals surface area contributed by atoms with E-state index in [1.54, 1.807) is 18.2 Å². The zero-order chi connectivity index (χ0) is 14.5. The Bertz CT molecular complexity index is 615. The van der Waals surface area contributed by atoms with E-state index in [-0.39, 0.29) is 25.5 Å². The van der Waals surface area contributed by atoms with Gasteiger partial charge in [-0.15, -0.1) is 0 Å². The van der Waals surface area contributed by atoms with E-state index in [4.69, 9.17) is 14.9 Å². The molecule has 7 heteroatoms. The molecule has 0 aliphatic heterocycles. The van der Waals surface area contributed by atoms with E-state index in [2.05, 4.69) is 4.98 Å². The van der Waals surface area contributed by atoms with Crippen molar-refractivity contribution in [2.24, 2.45) is 0 Å². The van der Waals surface area contributed by atoms with E-state index in [1.165, 1.54) is 18.3 Å². The van der Waals surface area contributed by atoms with Gasteiger partial charge < -0.3 is 20.0 Å². The number of benzene rings is 1. The number of carboxylic acids is 1. The number of aromatic nitrogens is 1. The first-order valence-electron chi connectivity index (χ1n) is 5.84. The second-order valence-corrected chi connectivity index (χ2v) is 4.04. The highest BCUT2D eigenvalue weighted by atomic mass is 16.5. The van der Waals surface area contributed by atoms with Crippen molar-refractivity contribution in [2.45, 2.75) is 6.61 Å². The first-order chi connectivity index (χ1) is 9.63. The molecule has 102 valence electrons. The predicted octanol–water partition coefficient (Wildman–Crippen LogP) is 0.0335. The topological polar surface area (TPSA) is 99.9 Å². The van der Waals surface area contributed by atoms with Crippen LogP contribution in [0.3, 0.4) is 0 Å². The van der Waals surface area contributed by atoms with Gasteiger partial charge in [-0.3, -0.25) is 0 Å². The maximum Gasteiger partial charge on any atom is 0.337 e. The van der Waals surface area contributed by atoms with Gasteiger partial charge in [0.15, 0.2) is 0 Å². The average molecular weight is 273 g/mol. The molecule has 0 saturated heterocycles. The van der Waals surface area contributed by atoms with Crippen LogP contribution < -0.4 is 10.2 Å². The van der Waals surface area contributed by atoms with Crippen LogP contribution in [0.4, 0.5) is 0 Å². The van der Waals surface area contributed by atoms with Crippen molar-refractivity contribution >= 4 is 18.9 Å². The molecule has 0 amide bonds. The van der Waals surface area contributed by atoms with Crippen molar-refractivity contribution < 1.29 is 24.8 Å². The van der Waals surface area contributed by atoms with Crippen molar-refractivity contribution in [3.8, 4) is 11.6 Å². The highest BCUT2D eigenvalue weighted by molar-refractivity contribution is 6.46. The first-order valence-corrected chi connectivity index (χ1v) is 5.84. The Balaban J connectivity index is 2.19. The molecule has 2 rings (SSSR count). The molecule has 20 heavy (non-hydrogen) atoms. The normalized spacial score (nSPS) is 10.1. The summed E-state index contributed by atoms with van der Waals surface area (Å²) >= 11 is 0.